The summed E-state index contributed by atoms with van der Waals surface area (Å²) in [6.07, 6.45) is 5.14. The van der Waals surface area contributed by atoms with Crippen molar-refractivity contribution in [2.45, 2.75) is 4.90 Å². The second kappa shape index (κ2) is 8.24. The van der Waals surface area contributed by atoms with Crippen molar-refractivity contribution < 1.29 is 8.42 Å². The summed E-state index contributed by atoms with van der Waals surface area (Å²) < 4.78 is 31.3. The van der Waals surface area contributed by atoms with Gasteiger partial charge in [-0.3, -0.25) is 4.68 Å². The Morgan fingerprint density at radius 1 is 1.03 bits per heavy atom. The minimum atomic E-state index is -3.74. The number of sulfonamides is 1. The molecule has 3 aromatic heterocycles. The predicted octanol–water partition coefficient (Wildman–Crippen LogP) is 2.58. The monoisotopic (exact) mass is 506 g/mol. The topological polar surface area (TPSA) is 102 Å². The van der Waals surface area contributed by atoms with Crippen LogP contribution in [0.2, 0.25) is 10.0 Å². The van der Waals surface area contributed by atoms with E-state index in [4.69, 9.17) is 28.2 Å². The fourth-order valence-corrected chi connectivity index (χ4v) is 6.15. The Hall–Kier alpha value is -2.73. The first-order chi connectivity index (χ1) is 15.8. The van der Waals surface area contributed by atoms with E-state index in [-0.39, 0.29) is 23.0 Å². The van der Waals surface area contributed by atoms with Crippen LogP contribution < -0.4 is 4.90 Å². The second-order valence-electron chi connectivity index (χ2n) is 7.73. The van der Waals surface area contributed by atoms with E-state index in [1.165, 1.54) is 28.8 Å². The van der Waals surface area contributed by atoms with Gasteiger partial charge < -0.3 is 9.47 Å². The molecule has 33 heavy (non-hydrogen) atoms. The van der Waals surface area contributed by atoms with Crippen molar-refractivity contribution in [3.63, 3.8) is 0 Å². The van der Waals surface area contributed by atoms with Crippen LogP contribution in [0.5, 0.6) is 0 Å². The Labute approximate surface area is 200 Å². The van der Waals surface area contributed by atoms with Gasteiger partial charge in [0.25, 0.3) is 0 Å². The molecule has 10 nitrogen and oxygen atoms in total. The van der Waals surface area contributed by atoms with Gasteiger partial charge in [-0.1, -0.05) is 23.2 Å². The zero-order chi connectivity index (χ0) is 23.3. The molecular weight excluding hydrogens is 487 g/mol. The maximum absolute atomic E-state index is 13.1. The largest absolute Gasteiger partial charge is 0.352 e. The van der Waals surface area contributed by atoms with Gasteiger partial charge in [-0.05, 0) is 18.2 Å². The lowest BCUT2D eigenvalue weighted by Gasteiger charge is -2.34. The van der Waals surface area contributed by atoms with Gasteiger partial charge in [-0.2, -0.15) is 9.40 Å². The molecule has 0 bridgehead atoms. The van der Waals surface area contributed by atoms with Crippen molar-refractivity contribution in [3.05, 3.63) is 47.0 Å². The van der Waals surface area contributed by atoms with Gasteiger partial charge >= 0.3 is 0 Å². The summed E-state index contributed by atoms with van der Waals surface area (Å²) in [5.74, 6) is 1.41. The minimum absolute atomic E-state index is 0.0530. The summed E-state index contributed by atoms with van der Waals surface area (Å²) in [6.45, 7) is 1.48. The van der Waals surface area contributed by atoms with Crippen LogP contribution in [0, 0.1) is 0 Å². The Morgan fingerprint density at radius 2 is 1.79 bits per heavy atom. The Bertz CT molecular complexity index is 1460. The van der Waals surface area contributed by atoms with Crippen molar-refractivity contribution >= 4 is 50.2 Å². The van der Waals surface area contributed by atoms with Crippen molar-refractivity contribution in [1.29, 1.82) is 0 Å². The molecule has 1 aliphatic rings. The van der Waals surface area contributed by atoms with Gasteiger partial charge in [0, 0.05) is 51.5 Å². The fourth-order valence-electron chi connectivity index (χ4n) is 3.98. The molecule has 4 aromatic rings. The lowest BCUT2D eigenvalue weighted by Crippen LogP contribution is -2.49. The van der Waals surface area contributed by atoms with E-state index in [1.54, 1.807) is 10.9 Å². The predicted molar refractivity (Wildman–Crippen MR) is 126 cm³/mol. The van der Waals surface area contributed by atoms with Crippen molar-refractivity contribution in [1.82, 2.24) is 33.6 Å². The molecule has 1 fully saturated rings. The quantitative estimate of drug-likeness (QED) is 0.419. The Morgan fingerprint density at radius 3 is 2.45 bits per heavy atom. The summed E-state index contributed by atoms with van der Waals surface area (Å²) >= 11 is 12.1. The average Bonchev–Trinajstić information content (AvgIpc) is 3.36. The normalized spacial score (nSPS) is 15.5. The molecule has 0 saturated carbocycles. The van der Waals surface area contributed by atoms with Crippen LogP contribution in [0.4, 0.5) is 5.82 Å². The number of rotatable bonds is 4. The summed E-state index contributed by atoms with van der Waals surface area (Å²) in [4.78, 5) is 15.7. The van der Waals surface area contributed by atoms with Crippen LogP contribution in [0.25, 0.3) is 22.6 Å². The van der Waals surface area contributed by atoms with Crippen molar-refractivity contribution in [2.24, 2.45) is 14.1 Å². The molecule has 0 atom stereocenters. The van der Waals surface area contributed by atoms with Gasteiger partial charge in [0.2, 0.25) is 10.0 Å². The highest BCUT2D eigenvalue weighted by Crippen LogP contribution is 2.30. The molecular formula is C20H20Cl2N8O2S. The Balaban J connectivity index is 1.42. The van der Waals surface area contributed by atoms with E-state index < -0.39 is 10.0 Å². The number of anilines is 1. The van der Waals surface area contributed by atoms with Gasteiger partial charge in [0.1, 0.15) is 17.0 Å². The average molecular weight is 507 g/mol. The van der Waals surface area contributed by atoms with E-state index in [0.717, 1.165) is 11.4 Å². The van der Waals surface area contributed by atoms with E-state index in [0.29, 0.717) is 35.1 Å². The van der Waals surface area contributed by atoms with Gasteiger partial charge in [-0.25, -0.2) is 23.4 Å². The second-order valence-corrected chi connectivity index (χ2v) is 10.5. The van der Waals surface area contributed by atoms with E-state index in [2.05, 4.69) is 15.1 Å². The van der Waals surface area contributed by atoms with Crippen LogP contribution in [0.3, 0.4) is 0 Å². The van der Waals surface area contributed by atoms with Crippen molar-refractivity contribution in [3.8, 4) is 11.4 Å². The maximum atomic E-state index is 13.1. The maximum Gasteiger partial charge on any atom is 0.244 e. The number of imidazole rings is 1. The van der Waals surface area contributed by atoms with E-state index in [1.807, 2.05) is 29.8 Å². The van der Waals surface area contributed by atoms with E-state index in [9.17, 15) is 8.42 Å². The number of hydrogen-bond donors (Lipinski definition) is 0. The first-order valence-corrected chi connectivity index (χ1v) is 12.3. The van der Waals surface area contributed by atoms with Gasteiger partial charge in [0.15, 0.2) is 17.0 Å². The Kier molecular flexibility index (Phi) is 5.52. The zero-order valence-electron chi connectivity index (χ0n) is 17.9. The molecule has 0 radical (unpaired) electrons. The van der Waals surface area contributed by atoms with Gasteiger partial charge in [0.05, 0.1) is 16.8 Å². The molecule has 0 aliphatic carbocycles. The molecule has 0 amide bonds. The highest BCUT2D eigenvalue weighted by molar-refractivity contribution is 7.89. The third-order valence-corrected chi connectivity index (χ3v) is 8.27. The minimum Gasteiger partial charge on any atom is -0.352 e. The number of piperazine rings is 1. The third-order valence-electron chi connectivity index (χ3n) is 5.65. The molecule has 0 spiro atoms. The van der Waals surface area contributed by atoms with Crippen LogP contribution in [0.15, 0.2) is 41.8 Å². The smallest absolute Gasteiger partial charge is 0.244 e. The first kappa shape index (κ1) is 22.1. The number of aromatic nitrogens is 6. The molecule has 1 aromatic carbocycles. The molecule has 4 heterocycles. The highest BCUT2D eigenvalue weighted by Gasteiger charge is 2.31. The zero-order valence-corrected chi connectivity index (χ0v) is 20.2. The lowest BCUT2D eigenvalue weighted by atomic mass is 10.3. The SMILES string of the molecule is Cn1cc(-c2nc3c(N4CCN(S(=O)(=O)c5ccc(Cl)cc5Cl)CC4)ncnc3n2C)cn1. The number of nitrogens with zero attached hydrogens (tertiary/aromatic N) is 8. The van der Waals surface area contributed by atoms with E-state index >= 15 is 0 Å². The molecule has 0 unspecified atom stereocenters. The van der Waals surface area contributed by atoms with Crippen LogP contribution >= 0.6 is 23.2 Å². The highest BCUT2D eigenvalue weighted by atomic mass is 35.5. The number of aryl methyl sites for hydroxylation is 2. The summed E-state index contributed by atoms with van der Waals surface area (Å²) in [7, 11) is 0.00742. The molecule has 172 valence electrons. The molecule has 1 aliphatic heterocycles. The number of hydrogen-bond acceptors (Lipinski definition) is 7. The number of halogens is 2. The first-order valence-electron chi connectivity index (χ1n) is 10.1. The molecule has 13 heteroatoms. The number of benzene rings is 1. The summed E-state index contributed by atoms with van der Waals surface area (Å²) in [5, 5.41) is 4.72. The molecule has 1 saturated heterocycles. The lowest BCUT2D eigenvalue weighted by molar-refractivity contribution is 0.384. The van der Waals surface area contributed by atoms with Gasteiger partial charge in [-0.15, -0.1) is 0 Å². The van der Waals surface area contributed by atoms with Crippen molar-refractivity contribution in [2.75, 3.05) is 31.1 Å². The van der Waals surface area contributed by atoms with Crippen LogP contribution in [-0.2, 0) is 24.1 Å². The molecule has 5 rings (SSSR count). The van der Waals surface area contributed by atoms with Crippen LogP contribution in [0.1, 0.15) is 0 Å². The van der Waals surface area contributed by atoms with Crippen LogP contribution in [-0.4, -0.2) is 68.2 Å². The third kappa shape index (κ3) is 3.84. The summed E-state index contributed by atoms with van der Waals surface area (Å²) in [5.41, 5.74) is 2.23. The fraction of sp³-hybridized carbons (Fsp3) is 0.300. The standard InChI is InChI=1S/C20H20Cl2N8O2S/c1-27-11-13(10-25-27)18-26-17-19(28(18)2)23-12-24-20(17)29-5-7-30(8-6-29)33(31,32)16-4-3-14(21)9-15(16)22/h3-4,9-12H,5-8H2,1-2H3. The number of fused-ring (bicyclic) bond motifs is 1. The molecule has 0 N–H and O–H groups in total. The summed E-state index contributed by atoms with van der Waals surface area (Å²) in [6, 6.07) is 4.40.